The molecule has 0 spiro atoms. The lowest BCUT2D eigenvalue weighted by Crippen LogP contribution is -2.33. The Morgan fingerprint density at radius 2 is 1.88 bits per heavy atom. The molecule has 1 aromatic rings. The topological polar surface area (TPSA) is 87.1 Å². The lowest BCUT2D eigenvalue weighted by molar-refractivity contribution is -0.145. The number of allylic oxidation sites excluding steroid dienone is 1. The first kappa shape index (κ1) is 27.9. The zero-order valence-corrected chi connectivity index (χ0v) is 19.6. The molecular weight excluding hydrogens is 406 g/mol. The zero-order chi connectivity index (χ0) is 23.6. The van der Waals surface area contributed by atoms with Gasteiger partial charge in [-0.3, -0.25) is 14.5 Å². The maximum atomic E-state index is 11.3. The van der Waals surface area contributed by atoms with E-state index in [9.17, 15) is 9.59 Å². The molecule has 0 aliphatic carbocycles. The van der Waals surface area contributed by atoms with Crippen LogP contribution >= 0.6 is 0 Å². The van der Waals surface area contributed by atoms with Crippen LogP contribution in [0.15, 0.2) is 43.0 Å². The van der Waals surface area contributed by atoms with Gasteiger partial charge < -0.3 is 14.9 Å². The highest BCUT2D eigenvalue weighted by Gasteiger charge is 2.35. The minimum atomic E-state index is -0.831. The number of nitrogens with zero attached hydrogens (tertiary/aromatic N) is 1. The van der Waals surface area contributed by atoms with Gasteiger partial charge in [-0.15, -0.1) is 6.58 Å². The number of carboxylic acids is 1. The van der Waals surface area contributed by atoms with Crippen molar-refractivity contribution in [3.63, 3.8) is 0 Å². The number of fused-ring (bicyclic) bond motifs is 1. The first-order valence-electron chi connectivity index (χ1n) is 11.9. The second kappa shape index (κ2) is 17.4. The summed E-state index contributed by atoms with van der Waals surface area (Å²) in [4.78, 5) is 24.0. The van der Waals surface area contributed by atoms with Gasteiger partial charge in [-0.1, -0.05) is 49.8 Å². The fourth-order valence-electron chi connectivity index (χ4n) is 3.96. The Morgan fingerprint density at radius 1 is 1.16 bits per heavy atom. The van der Waals surface area contributed by atoms with Crippen LogP contribution in [-0.4, -0.2) is 52.3 Å². The van der Waals surface area contributed by atoms with E-state index in [1.807, 2.05) is 36.4 Å². The maximum Gasteiger partial charge on any atom is 0.306 e. The van der Waals surface area contributed by atoms with Crippen molar-refractivity contribution in [1.29, 1.82) is 0 Å². The number of carboxylic acid groups (broad SMARTS) is 1. The molecule has 32 heavy (non-hydrogen) atoms. The summed E-state index contributed by atoms with van der Waals surface area (Å²) in [5.41, 5.74) is 0.950. The number of aliphatic carboxylic acids is 1. The highest BCUT2D eigenvalue weighted by Crippen LogP contribution is 2.31. The Balaban J connectivity index is 0.000000285. The predicted molar refractivity (Wildman–Crippen MR) is 127 cm³/mol. The summed E-state index contributed by atoms with van der Waals surface area (Å²) >= 11 is 0. The van der Waals surface area contributed by atoms with Crippen molar-refractivity contribution >= 4 is 11.9 Å². The van der Waals surface area contributed by atoms with Crippen molar-refractivity contribution in [3.8, 4) is 0 Å². The van der Waals surface area contributed by atoms with Crippen LogP contribution in [0.3, 0.4) is 0 Å². The average Bonchev–Trinajstić information content (AvgIpc) is 3.41. The molecule has 2 fully saturated rings. The van der Waals surface area contributed by atoms with Gasteiger partial charge in [0.2, 0.25) is 0 Å². The summed E-state index contributed by atoms with van der Waals surface area (Å²) in [6.45, 7) is 7.57. The van der Waals surface area contributed by atoms with E-state index in [0.717, 1.165) is 18.0 Å². The molecule has 2 saturated heterocycles. The molecule has 180 valence electrons. The first-order chi connectivity index (χ1) is 15.5. The summed E-state index contributed by atoms with van der Waals surface area (Å²) in [6, 6.07) is 10.8. The molecule has 2 unspecified atom stereocenters. The number of aliphatic hydroxyl groups excluding tert-OH is 1. The smallest absolute Gasteiger partial charge is 0.306 e. The van der Waals surface area contributed by atoms with E-state index in [1.54, 1.807) is 0 Å². The molecule has 1 aromatic carbocycles. The van der Waals surface area contributed by atoms with Gasteiger partial charge in [0.05, 0.1) is 6.61 Å². The maximum absolute atomic E-state index is 11.3. The van der Waals surface area contributed by atoms with E-state index >= 15 is 0 Å². The van der Waals surface area contributed by atoms with Gasteiger partial charge in [0.1, 0.15) is 6.61 Å². The SMILES string of the molecule is C=CCCC.O=C(O)CCCCC(=O)OCc1ccccc1.OCC1CCC2CCCN12. The third-order valence-electron chi connectivity index (χ3n) is 5.69. The number of benzene rings is 1. The van der Waals surface area contributed by atoms with Crippen LogP contribution in [0.25, 0.3) is 0 Å². The molecule has 0 bridgehead atoms. The summed E-state index contributed by atoms with van der Waals surface area (Å²) < 4.78 is 5.05. The molecule has 2 aliphatic heterocycles. The van der Waals surface area contributed by atoms with Crippen molar-refractivity contribution in [2.24, 2.45) is 0 Å². The average molecular weight is 448 g/mol. The molecule has 0 saturated carbocycles. The molecule has 6 heteroatoms. The Kier molecular flexibility index (Phi) is 15.1. The summed E-state index contributed by atoms with van der Waals surface area (Å²) in [6.07, 6.45) is 11.0. The molecule has 0 radical (unpaired) electrons. The van der Waals surface area contributed by atoms with Crippen LogP contribution in [-0.2, 0) is 20.9 Å². The molecule has 2 N–H and O–H groups in total. The Morgan fingerprint density at radius 3 is 2.47 bits per heavy atom. The number of ether oxygens (including phenoxy) is 1. The van der Waals surface area contributed by atoms with E-state index in [4.69, 9.17) is 14.9 Å². The van der Waals surface area contributed by atoms with Gasteiger partial charge >= 0.3 is 11.9 Å². The molecule has 2 atom stereocenters. The number of rotatable bonds is 10. The van der Waals surface area contributed by atoms with Crippen LogP contribution < -0.4 is 0 Å². The molecule has 6 nitrogen and oxygen atoms in total. The molecular formula is C26H41NO5. The summed E-state index contributed by atoms with van der Waals surface area (Å²) in [5, 5.41) is 17.4. The van der Waals surface area contributed by atoms with Gasteiger partial charge in [-0.05, 0) is 57.1 Å². The fourth-order valence-corrected chi connectivity index (χ4v) is 3.96. The van der Waals surface area contributed by atoms with Gasteiger partial charge in [-0.2, -0.15) is 0 Å². The number of unbranched alkanes of at least 4 members (excludes halogenated alkanes) is 2. The van der Waals surface area contributed by atoms with Crippen molar-refractivity contribution in [3.05, 3.63) is 48.6 Å². The number of hydrogen-bond donors (Lipinski definition) is 2. The highest BCUT2D eigenvalue weighted by atomic mass is 16.5. The van der Waals surface area contributed by atoms with Gasteiger partial charge in [0.15, 0.2) is 0 Å². The molecule has 2 aliphatic rings. The monoisotopic (exact) mass is 447 g/mol. The van der Waals surface area contributed by atoms with Crippen molar-refractivity contribution in [2.45, 2.75) is 89.8 Å². The van der Waals surface area contributed by atoms with Crippen molar-refractivity contribution < 1.29 is 24.5 Å². The second-order valence-electron chi connectivity index (χ2n) is 8.27. The van der Waals surface area contributed by atoms with E-state index in [2.05, 4.69) is 18.4 Å². The van der Waals surface area contributed by atoms with Gasteiger partial charge in [0.25, 0.3) is 0 Å². The van der Waals surface area contributed by atoms with Crippen LogP contribution in [0, 0.1) is 0 Å². The first-order valence-corrected chi connectivity index (χ1v) is 11.9. The number of carbonyl (C=O) groups is 2. The Labute approximate surface area is 193 Å². The minimum absolute atomic E-state index is 0.103. The lowest BCUT2D eigenvalue weighted by atomic mass is 10.1. The Hall–Kier alpha value is -2.18. The third kappa shape index (κ3) is 12.0. The second-order valence-corrected chi connectivity index (χ2v) is 8.27. The van der Waals surface area contributed by atoms with Gasteiger partial charge in [-0.25, -0.2) is 0 Å². The van der Waals surface area contributed by atoms with E-state index < -0.39 is 5.97 Å². The number of aliphatic hydroxyl groups is 1. The highest BCUT2D eigenvalue weighted by molar-refractivity contribution is 5.69. The standard InChI is InChI=1S/C13H16O4.C8H15NO.C5H10/c14-12(15)8-4-5-9-13(16)17-10-11-6-2-1-3-7-11;10-6-8-4-3-7-2-1-5-9(7)8;1-3-5-4-2/h1-3,6-7H,4-5,8-10H2,(H,14,15);7-8,10H,1-6H2;3H,1,4-5H2,2H3. The molecule has 2 heterocycles. The van der Waals surface area contributed by atoms with Gasteiger partial charge in [0, 0.05) is 24.9 Å². The van der Waals surface area contributed by atoms with Crippen LogP contribution in [0.2, 0.25) is 0 Å². The van der Waals surface area contributed by atoms with Crippen molar-refractivity contribution in [2.75, 3.05) is 13.2 Å². The minimum Gasteiger partial charge on any atom is -0.481 e. The molecule has 0 aromatic heterocycles. The van der Waals surface area contributed by atoms with E-state index in [1.165, 1.54) is 38.6 Å². The Bertz CT molecular complexity index is 649. The van der Waals surface area contributed by atoms with Crippen molar-refractivity contribution in [1.82, 2.24) is 4.90 Å². The van der Waals surface area contributed by atoms with Crippen LogP contribution in [0.1, 0.15) is 76.7 Å². The quantitative estimate of drug-likeness (QED) is 0.300. The molecule has 0 amide bonds. The summed E-state index contributed by atoms with van der Waals surface area (Å²) in [5.74, 6) is -1.11. The third-order valence-corrected chi connectivity index (χ3v) is 5.69. The largest absolute Gasteiger partial charge is 0.481 e. The molecule has 3 rings (SSSR count). The predicted octanol–water partition coefficient (Wildman–Crippen LogP) is 4.95. The van der Waals surface area contributed by atoms with Crippen LogP contribution in [0.4, 0.5) is 0 Å². The number of esters is 1. The number of hydrogen-bond acceptors (Lipinski definition) is 5. The fraction of sp³-hybridized carbons (Fsp3) is 0.615. The van der Waals surface area contributed by atoms with Crippen LogP contribution in [0.5, 0.6) is 0 Å². The van der Waals surface area contributed by atoms with E-state index in [-0.39, 0.29) is 25.4 Å². The van der Waals surface area contributed by atoms with E-state index in [0.29, 0.717) is 25.5 Å². The lowest BCUT2D eigenvalue weighted by Gasteiger charge is -2.21. The normalized spacial score (nSPS) is 19.1. The number of carbonyl (C=O) groups excluding carboxylic acids is 1. The zero-order valence-electron chi connectivity index (χ0n) is 19.6. The summed E-state index contributed by atoms with van der Waals surface area (Å²) in [7, 11) is 0.